The van der Waals surface area contributed by atoms with Gasteiger partial charge in [0.1, 0.15) is 0 Å². The average Bonchev–Trinajstić information content (AvgIpc) is 2.85. The molecule has 0 spiro atoms. The predicted octanol–water partition coefficient (Wildman–Crippen LogP) is 3.90. The van der Waals surface area contributed by atoms with Crippen LogP contribution < -0.4 is 10.5 Å². The van der Waals surface area contributed by atoms with Gasteiger partial charge in [0.25, 0.3) is 0 Å². The first-order valence-electron chi connectivity index (χ1n) is 12.2. The summed E-state index contributed by atoms with van der Waals surface area (Å²) in [6, 6.07) is 22.0. The Morgan fingerprint density at radius 3 is 2.11 bits per heavy atom. The van der Waals surface area contributed by atoms with Crippen LogP contribution in [0.15, 0.2) is 83.8 Å². The third kappa shape index (κ3) is 8.04. The summed E-state index contributed by atoms with van der Waals surface area (Å²) >= 11 is 0. The van der Waals surface area contributed by atoms with Crippen molar-refractivity contribution in [1.29, 1.82) is 0 Å². The molecule has 9 heteroatoms. The number of anilines is 1. The molecule has 3 aromatic carbocycles. The number of aliphatic hydroxyl groups excluding tert-OH is 1. The van der Waals surface area contributed by atoms with Gasteiger partial charge in [-0.15, -0.1) is 0 Å². The predicted molar refractivity (Wildman–Crippen MR) is 145 cm³/mol. The molecule has 0 aliphatic rings. The highest BCUT2D eigenvalue weighted by Gasteiger charge is 2.31. The first-order chi connectivity index (χ1) is 17.6. The average molecular weight is 526 g/mol. The second kappa shape index (κ2) is 12.7. The fourth-order valence-electron chi connectivity index (χ4n) is 4.29. The van der Waals surface area contributed by atoms with E-state index in [1.165, 1.54) is 12.1 Å². The fourth-order valence-corrected chi connectivity index (χ4v) is 5.57. The van der Waals surface area contributed by atoms with E-state index in [-0.39, 0.29) is 30.3 Å². The molecule has 8 nitrogen and oxygen atoms in total. The molecular formula is C28H35N3O5S. The lowest BCUT2D eigenvalue weighted by atomic mass is 9.99. The lowest BCUT2D eigenvalue weighted by Gasteiger charge is -2.33. The van der Waals surface area contributed by atoms with Crippen molar-refractivity contribution in [3.63, 3.8) is 0 Å². The summed E-state index contributed by atoms with van der Waals surface area (Å²) in [5.74, 6) is 0.207. The van der Waals surface area contributed by atoms with E-state index < -0.39 is 28.3 Å². The van der Waals surface area contributed by atoms with E-state index in [4.69, 9.17) is 5.73 Å². The molecule has 37 heavy (non-hydrogen) atoms. The molecule has 0 aliphatic carbocycles. The lowest BCUT2D eigenvalue weighted by molar-refractivity contribution is 0.0469. The summed E-state index contributed by atoms with van der Waals surface area (Å²) in [5, 5.41) is 21.2. The highest BCUT2D eigenvalue weighted by molar-refractivity contribution is 7.89. The molecule has 3 aromatic rings. The molecule has 0 unspecified atom stereocenters. The number of hydrogen-bond donors (Lipinski definition) is 4. The normalized spacial score (nSPS) is 13.3. The van der Waals surface area contributed by atoms with Crippen LogP contribution in [0.2, 0.25) is 0 Å². The quantitative estimate of drug-likeness (QED) is 0.265. The van der Waals surface area contributed by atoms with Crippen LogP contribution in [-0.4, -0.2) is 48.3 Å². The van der Waals surface area contributed by atoms with Crippen LogP contribution in [0.3, 0.4) is 0 Å². The maximum absolute atomic E-state index is 13.2. The zero-order chi connectivity index (χ0) is 27.0. The highest BCUT2D eigenvalue weighted by atomic mass is 32.2. The molecule has 0 saturated heterocycles. The van der Waals surface area contributed by atoms with Crippen molar-refractivity contribution in [2.75, 3.05) is 12.3 Å². The third-order valence-electron chi connectivity index (χ3n) is 6.06. The Hall–Kier alpha value is -3.40. The molecule has 0 saturated carbocycles. The minimum Gasteiger partial charge on any atom is -0.465 e. The number of nitrogen functional groups attached to an aromatic ring is 1. The van der Waals surface area contributed by atoms with Crippen molar-refractivity contribution < 1.29 is 23.4 Å². The summed E-state index contributed by atoms with van der Waals surface area (Å²) in [4.78, 5) is 13.6. The maximum atomic E-state index is 13.2. The van der Waals surface area contributed by atoms with Gasteiger partial charge in [-0.2, -0.15) is 0 Å². The molecule has 0 aromatic heterocycles. The molecule has 0 bridgehead atoms. The van der Waals surface area contributed by atoms with Gasteiger partial charge in [0, 0.05) is 18.8 Å². The Morgan fingerprint density at radius 2 is 1.54 bits per heavy atom. The van der Waals surface area contributed by atoms with E-state index in [0.29, 0.717) is 17.7 Å². The van der Waals surface area contributed by atoms with Gasteiger partial charge in [-0.05, 0) is 53.6 Å². The monoisotopic (exact) mass is 525 g/mol. The van der Waals surface area contributed by atoms with Crippen LogP contribution in [-0.2, 0) is 29.4 Å². The van der Waals surface area contributed by atoms with Crippen LogP contribution >= 0.6 is 0 Å². The zero-order valence-electron chi connectivity index (χ0n) is 21.1. The Balaban J connectivity index is 1.86. The Labute approximate surface area is 218 Å². The molecule has 0 fully saturated rings. The van der Waals surface area contributed by atoms with Gasteiger partial charge >= 0.3 is 6.09 Å². The molecule has 5 N–H and O–H groups in total. The van der Waals surface area contributed by atoms with Gasteiger partial charge in [-0.1, -0.05) is 74.5 Å². The molecule has 3 rings (SSSR count). The minimum atomic E-state index is -3.99. The topological polar surface area (TPSA) is 133 Å². The van der Waals surface area contributed by atoms with Gasteiger partial charge in [-0.3, -0.25) is 4.90 Å². The first kappa shape index (κ1) is 28.2. The second-order valence-electron chi connectivity index (χ2n) is 9.54. The largest absolute Gasteiger partial charge is 0.465 e. The number of nitrogens with two attached hydrogens (primary N) is 1. The van der Waals surface area contributed by atoms with E-state index in [0.717, 1.165) is 16.0 Å². The fraction of sp³-hybridized carbons (Fsp3) is 0.321. The van der Waals surface area contributed by atoms with Crippen molar-refractivity contribution in [1.82, 2.24) is 9.62 Å². The number of sulfonamides is 1. The number of amides is 1. The number of carbonyl (C=O) groups is 1. The van der Waals surface area contributed by atoms with Crippen LogP contribution in [0.4, 0.5) is 10.5 Å². The van der Waals surface area contributed by atoms with Crippen molar-refractivity contribution in [2.24, 2.45) is 5.92 Å². The van der Waals surface area contributed by atoms with Gasteiger partial charge in [-0.25, -0.2) is 17.9 Å². The van der Waals surface area contributed by atoms with E-state index in [1.54, 1.807) is 6.07 Å². The number of carboxylic acid groups (broad SMARTS) is 1. The van der Waals surface area contributed by atoms with Crippen LogP contribution in [0.25, 0.3) is 0 Å². The van der Waals surface area contributed by atoms with E-state index in [1.807, 2.05) is 74.5 Å². The van der Waals surface area contributed by atoms with Gasteiger partial charge in [0.15, 0.2) is 0 Å². The van der Waals surface area contributed by atoms with Crippen molar-refractivity contribution >= 4 is 21.8 Å². The summed E-state index contributed by atoms with van der Waals surface area (Å²) in [5.41, 5.74) is 8.54. The second-order valence-corrected chi connectivity index (χ2v) is 11.3. The standard InChI is InChI=1S/C28H35N3O5S/c1-20(2)15-23-17-24(29)13-14-27(23)37(35,36)30-18-26(32)25(16-21-9-5-3-6-10-21)31(28(33)34)19-22-11-7-4-8-12-22/h3-14,17,20,25-26,30,32H,15-16,18-19,29H2,1-2H3,(H,33,34)/t25-,26+/m0/s1. The van der Waals surface area contributed by atoms with Crippen molar-refractivity contribution in [2.45, 2.75) is 50.3 Å². The third-order valence-corrected chi connectivity index (χ3v) is 7.58. The van der Waals surface area contributed by atoms with Crippen LogP contribution in [0.1, 0.15) is 30.5 Å². The van der Waals surface area contributed by atoms with Gasteiger partial charge in [0.05, 0.1) is 17.0 Å². The van der Waals surface area contributed by atoms with Crippen molar-refractivity contribution in [3.8, 4) is 0 Å². The number of rotatable bonds is 12. The summed E-state index contributed by atoms with van der Waals surface area (Å²) in [7, 11) is -3.99. The van der Waals surface area contributed by atoms with E-state index >= 15 is 0 Å². The number of nitrogens with one attached hydrogen (secondary N) is 1. The van der Waals surface area contributed by atoms with E-state index in [2.05, 4.69) is 4.72 Å². The minimum absolute atomic E-state index is 0.0496. The summed E-state index contributed by atoms with van der Waals surface area (Å²) < 4.78 is 29.0. The number of aliphatic hydroxyl groups is 1. The van der Waals surface area contributed by atoms with Gasteiger partial charge < -0.3 is 15.9 Å². The van der Waals surface area contributed by atoms with E-state index in [9.17, 15) is 23.4 Å². The van der Waals surface area contributed by atoms with Gasteiger partial charge in [0.2, 0.25) is 10.0 Å². The number of hydrogen-bond acceptors (Lipinski definition) is 5. The first-order valence-corrected chi connectivity index (χ1v) is 13.7. The van der Waals surface area contributed by atoms with Crippen LogP contribution in [0, 0.1) is 5.92 Å². The lowest BCUT2D eigenvalue weighted by Crippen LogP contribution is -2.51. The molecule has 0 heterocycles. The number of benzene rings is 3. The highest BCUT2D eigenvalue weighted by Crippen LogP contribution is 2.23. The maximum Gasteiger partial charge on any atom is 0.407 e. The molecular weight excluding hydrogens is 490 g/mol. The molecule has 2 atom stereocenters. The molecule has 198 valence electrons. The SMILES string of the molecule is CC(C)Cc1cc(N)ccc1S(=O)(=O)NC[C@@H](O)[C@H](Cc1ccccc1)N(Cc1ccccc1)C(=O)O. The Morgan fingerprint density at radius 1 is 0.946 bits per heavy atom. The number of nitrogens with zero attached hydrogens (tertiary/aromatic N) is 1. The smallest absolute Gasteiger partial charge is 0.407 e. The summed E-state index contributed by atoms with van der Waals surface area (Å²) in [6.07, 6.45) is -1.78. The Bertz CT molecular complexity index is 1270. The van der Waals surface area contributed by atoms with Crippen molar-refractivity contribution in [3.05, 3.63) is 95.6 Å². The zero-order valence-corrected chi connectivity index (χ0v) is 21.9. The van der Waals surface area contributed by atoms with Crippen LogP contribution in [0.5, 0.6) is 0 Å². The summed E-state index contributed by atoms with van der Waals surface area (Å²) in [6.45, 7) is 3.66. The molecule has 1 amide bonds. The molecule has 0 aliphatic heterocycles. The Kier molecular flexibility index (Phi) is 9.68. The molecule has 0 radical (unpaired) electrons.